The smallest absolute Gasteiger partial charge is 0.260 e. The van der Waals surface area contributed by atoms with Gasteiger partial charge in [0.1, 0.15) is 16.7 Å². The monoisotopic (exact) mass is 373 g/mol. The number of amides is 1. The van der Waals surface area contributed by atoms with E-state index in [1.54, 1.807) is 50.4 Å². The number of rotatable bonds is 5. The summed E-state index contributed by atoms with van der Waals surface area (Å²) in [6, 6.07) is 13.0. The van der Waals surface area contributed by atoms with Crippen molar-refractivity contribution in [1.82, 2.24) is 9.78 Å². The second-order valence-corrected chi connectivity index (χ2v) is 6.08. The fourth-order valence-corrected chi connectivity index (χ4v) is 2.87. The van der Waals surface area contributed by atoms with E-state index in [1.165, 1.54) is 16.8 Å². The lowest BCUT2D eigenvalue weighted by Gasteiger charge is -2.07. The zero-order valence-corrected chi connectivity index (χ0v) is 15.0. The van der Waals surface area contributed by atoms with Crippen molar-refractivity contribution >= 4 is 23.2 Å². The Morgan fingerprint density at radius 1 is 1.19 bits per heavy atom. The van der Waals surface area contributed by atoms with Crippen LogP contribution in [0.5, 0.6) is 5.75 Å². The van der Waals surface area contributed by atoms with Gasteiger partial charge < -0.3 is 10.1 Å². The summed E-state index contributed by atoms with van der Waals surface area (Å²) in [4.78, 5) is 12.6. The third-order valence-corrected chi connectivity index (χ3v) is 4.27. The first-order chi connectivity index (χ1) is 12.5. The number of carbonyl (C=O) groups excluding carboxylic acids is 1. The summed E-state index contributed by atoms with van der Waals surface area (Å²) in [5, 5.41) is 7.36. The molecule has 26 heavy (non-hydrogen) atoms. The van der Waals surface area contributed by atoms with E-state index in [2.05, 4.69) is 10.4 Å². The van der Waals surface area contributed by atoms with Gasteiger partial charge >= 0.3 is 0 Å². The SMILES string of the molecule is COc1ccc(NC(=O)c2c(C)nn(Cc3ccc(F)cc3)c2Cl)cc1. The van der Waals surface area contributed by atoms with Crippen LogP contribution in [0.3, 0.4) is 0 Å². The number of aromatic nitrogens is 2. The highest BCUT2D eigenvalue weighted by atomic mass is 35.5. The van der Waals surface area contributed by atoms with Crippen LogP contribution in [0.25, 0.3) is 0 Å². The van der Waals surface area contributed by atoms with Gasteiger partial charge in [0.25, 0.3) is 5.91 Å². The number of carbonyl (C=O) groups is 1. The third kappa shape index (κ3) is 3.86. The van der Waals surface area contributed by atoms with Gasteiger partial charge in [0.15, 0.2) is 0 Å². The Hall–Kier alpha value is -2.86. The molecule has 0 saturated carbocycles. The van der Waals surface area contributed by atoms with Crippen molar-refractivity contribution in [3.05, 3.63) is 76.3 Å². The molecule has 5 nitrogen and oxygen atoms in total. The molecule has 2 aromatic carbocycles. The Labute approximate surface area is 155 Å². The molecule has 0 saturated heterocycles. The Balaban J connectivity index is 1.79. The standard InChI is InChI=1S/C19H17ClFN3O2/c1-12-17(19(25)22-15-7-9-16(26-2)10-8-15)18(20)24(23-12)11-13-3-5-14(21)6-4-13/h3-10H,11H2,1-2H3,(H,22,25). The van der Waals surface area contributed by atoms with Crippen LogP contribution in [0.1, 0.15) is 21.6 Å². The second-order valence-electron chi connectivity index (χ2n) is 5.72. The molecule has 0 atom stereocenters. The largest absolute Gasteiger partial charge is 0.497 e. The van der Waals surface area contributed by atoms with Crippen molar-refractivity contribution in [3.63, 3.8) is 0 Å². The molecule has 0 bridgehead atoms. The van der Waals surface area contributed by atoms with Gasteiger partial charge in [-0.3, -0.25) is 4.79 Å². The van der Waals surface area contributed by atoms with Crippen LogP contribution in [-0.4, -0.2) is 22.8 Å². The van der Waals surface area contributed by atoms with Crippen molar-refractivity contribution in [3.8, 4) is 5.75 Å². The summed E-state index contributed by atoms with van der Waals surface area (Å²) in [5.41, 5.74) is 2.28. The highest BCUT2D eigenvalue weighted by Gasteiger charge is 2.20. The number of halogens is 2. The molecule has 0 spiro atoms. The predicted octanol–water partition coefficient (Wildman–Crippen LogP) is 4.29. The average Bonchev–Trinajstić information content (AvgIpc) is 2.91. The lowest BCUT2D eigenvalue weighted by atomic mass is 10.2. The number of nitrogens with zero attached hydrogens (tertiary/aromatic N) is 2. The Morgan fingerprint density at radius 3 is 2.46 bits per heavy atom. The van der Waals surface area contributed by atoms with Crippen LogP contribution >= 0.6 is 11.6 Å². The quantitative estimate of drug-likeness (QED) is 0.725. The number of hydrogen-bond acceptors (Lipinski definition) is 3. The van der Waals surface area contributed by atoms with Gasteiger partial charge in [0, 0.05) is 5.69 Å². The van der Waals surface area contributed by atoms with Gasteiger partial charge in [0.05, 0.1) is 24.9 Å². The molecule has 1 amide bonds. The highest BCUT2D eigenvalue weighted by Crippen LogP contribution is 2.23. The molecule has 1 N–H and O–H groups in total. The number of nitrogens with one attached hydrogen (secondary N) is 1. The van der Waals surface area contributed by atoms with E-state index in [0.717, 1.165) is 5.56 Å². The van der Waals surface area contributed by atoms with E-state index in [0.29, 0.717) is 29.2 Å². The Kier molecular flexibility index (Phi) is 5.23. The molecule has 0 unspecified atom stereocenters. The van der Waals surface area contributed by atoms with Crippen molar-refractivity contribution < 1.29 is 13.9 Å². The van der Waals surface area contributed by atoms with Crippen molar-refractivity contribution in [2.45, 2.75) is 13.5 Å². The summed E-state index contributed by atoms with van der Waals surface area (Å²) in [6.07, 6.45) is 0. The maximum Gasteiger partial charge on any atom is 0.260 e. The summed E-state index contributed by atoms with van der Waals surface area (Å²) < 4.78 is 19.6. The Morgan fingerprint density at radius 2 is 1.85 bits per heavy atom. The number of methoxy groups -OCH3 is 1. The van der Waals surface area contributed by atoms with E-state index >= 15 is 0 Å². The van der Waals surface area contributed by atoms with Crippen LogP contribution < -0.4 is 10.1 Å². The molecule has 0 fully saturated rings. The van der Waals surface area contributed by atoms with Gasteiger partial charge in [-0.1, -0.05) is 23.7 Å². The number of ether oxygens (including phenoxy) is 1. The molecule has 7 heteroatoms. The third-order valence-electron chi connectivity index (χ3n) is 3.89. The zero-order chi connectivity index (χ0) is 18.7. The first kappa shape index (κ1) is 17.9. The Bertz CT molecular complexity index is 921. The van der Waals surface area contributed by atoms with Gasteiger partial charge in [-0.2, -0.15) is 5.10 Å². The number of hydrogen-bond donors (Lipinski definition) is 1. The maximum atomic E-state index is 13.0. The van der Waals surface area contributed by atoms with Crippen molar-refractivity contribution in [2.75, 3.05) is 12.4 Å². The number of benzene rings is 2. The average molecular weight is 374 g/mol. The van der Waals surface area contributed by atoms with Crippen molar-refractivity contribution in [1.29, 1.82) is 0 Å². The van der Waals surface area contributed by atoms with Crippen molar-refractivity contribution in [2.24, 2.45) is 0 Å². The van der Waals surface area contributed by atoms with Gasteiger partial charge in [-0.05, 0) is 48.9 Å². The van der Waals surface area contributed by atoms with Gasteiger partial charge in [-0.15, -0.1) is 0 Å². The lowest BCUT2D eigenvalue weighted by Crippen LogP contribution is -2.13. The minimum Gasteiger partial charge on any atom is -0.497 e. The summed E-state index contributed by atoms with van der Waals surface area (Å²) in [6.45, 7) is 2.06. The van der Waals surface area contributed by atoms with Crippen LogP contribution in [0.15, 0.2) is 48.5 Å². The molecule has 1 aromatic heterocycles. The molecule has 0 aliphatic carbocycles. The van der Waals surface area contributed by atoms with Crippen LogP contribution in [0.2, 0.25) is 5.15 Å². The topological polar surface area (TPSA) is 56.1 Å². The minimum atomic E-state index is -0.344. The minimum absolute atomic E-state index is 0.234. The summed E-state index contributed by atoms with van der Waals surface area (Å²) in [7, 11) is 1.58. The number of anilines is 1. The van der Waals surface area contributed by atoms with Crippen LogP contribution in [-0.2, 0) is 6.54 Å². The van der Waals surface area contributed by atoms with E-state index in [4.69, 9.17) is 16.3 Å². The van der Waals surface area contributed by atoms with Crippen LogP contribution in [0, 0.1) is 12.7 Å². The maximum absolute atomic E-state index is 13.0. The second kappa shape index (κ2) is 7.58. The molecule has 0 aliphatic rings. The summed E-state index contributed by atoms with van der Waals surface area (Å²) >= 11 is 6.37. The van der Waals surface area contributed by atoms with E-state index < -0.39 is 0 Å². The molecular weight excluding hydrogens is 357 g/mol. The van der Waals surface area contributed by atoms with E-state index in [-0.39, 0.29) is 16.9 Å². The normalized spacial score (nSPS) is 10.6. The van der Waals surface area contributed by atoms with E-state index in [9.17, 15) is 9.18 Å². The number of aryl methyl sites for hydroxylation is 1. The summed E-state index contributed by atoms with van der Waals surface area (Å²) in [5.74, 6) is 0.0448. The zero-order valence-electron chi connectivity index (χ0n) is 14.3. The first-order valence-electron chi connectivity index (χ1n) is 7.90. The lowest BCUT2D eigenvalue weighted by molar-refractivity contribution is 0.102. The molecule has 3 aromatic rings. The highest BCUT2D eigenvalue weighted by molar-refractivity contribution is 6.33. The molecule has 3 rings (SSSR count). The van der Waals surface area contributed by atoms with Gasteiger partial charge in [0.2, 0.25) is 0 Å². The molecule has 0 radical (unpaired) electrons. The van der Waals surface area contributed by atoms with Gasteiger partial charge in [-0.25, -0.2) is 9.07 Å². The van der Waals surface area contributed by atoms with E-state index in [1.807, 2.05) is 0 Å². The fourth-order valence-electron chi connectivity index (χ4n) is 2.55. The molecule has 134 valence electrons. The predicted molar refractivity (Wildman–Crippen MR) is 98.4 cm³/mol. The van der Waals surface area contributed by atoms with Crippen LogP contribution in [0.4, 0.5) is 10.1 Å². The molecular formula is C19H17ClFN3O2. The first-order valence-corrected chi connectivity index (χ1v) is 8.28. The fraction of sp³-hybridized carbons (Fsp3) is 0.158. The molecule has 1 heterocycles. The molecule has 0 aliphatic heterocycles.